The van der Waals surface area contributed by atoms with Crippen LogP contribution < -0.4 is 14.5 Å². The molecule has 4 aromatic rings. The van der Waals surface area contributed by atoms with E-state index in [4.69, 9.17) is 4.74 Å². The van der Waals surface area contributed by atoms with Crippen molar-refractivity contribution in [3.05, 3.63) is 114 Å². The van der Waals surface area contributed by atoms with E-state index in [-0.39, 0.29) is 0 Å². The minimum atomic E-state index is 0.408. The summed E-state index contributed by atoms with van der Waals surface area (Å²) in [6, 6.07) is 37.2. The summed E-state index contributed by atoms with van der Waals surface area (Å²) >= 11 is 0. The number of nitrogens with one attached hydrogen (secondary N) is 2. The smallest absolute Gasteiger partial charge is 0.139 e. The van der Waals surface area contributed by atoms with Crippen LogP contribution in [0.4, 0.5) is 0 Å². The molecule has 1 aliphatic rings. The second-order valence-corrected chi connectivity index (χ2v) is 8.74. The number of hydrogen-bond acceptors (Lipinski definition) is 1. The van der Waals surface area contributed by atoms with Gasteiger partial charge in [0.25, 0.3) is 0 Å². The molecular weight excluding hydrogens is 392 g/mol. The van der Waals surface area contributed by atoms with Crippen molar-refractivity contribution >= 4 is 10.8 Å². The Morgan fingerprint density at radius 2 is 1.22 bits per heavy atom. The predicted molar refractivity (Wildman–Crippen MR) is 130 cm³/mol. The van der Waals surface area contributed by atoms with Crippen molar-refractivity contribution in [3.8, 4) is 5.75 Å². The summed E-state index contributed by atoms with van der Waals surface area (Å²) in [5.41, 5.74) is 2.83. The van der Waals surface area contributed by atoms with Gasteiger partial charge in [-0.15, -0.1) is 0 Å². The molecule has 1 heterocycles. The van der Waals surface area contributed by atoms with Gasteiger partial charge in [0, 0.05) is 16.5 Å². The monoisotopic (exact) mass is 424 g/mol. The van der Waals surface area contributed by atoms with Crippen LogP contribution in [0.1, 0.15) is 17.2 Å². The third-order valence-electron chi connectivity index (χ3n) is 6.74. The second kappa shape index (κ2) is 9.99. The number of rotatable bonds is 7. The van der Waals surface area contributed by atoms with Crippen LogP contribution in [0, 0.1) is 0 Å². The zero-order valence-corrected chi connectivity index (χ0v) is 18.5. The molecule has 1 aliphatic heterocycles. The van der Waals surface area contributed by atoms with Crippen LogP contribution in [0.3, 0.4) is 0 Å². The van der Waals surface area contributed by atoms with E-state index in [9.17, 15) is 0 Å². The Kier molecular flexibility index (Phi) is 6.48. The Labute approximate surface area is 190 Å². The fraction of sp³-hybridized carbons (Fsp3) is 0.241. The molecule has 0 saturated carbocycles. The lowest BCUT2D eigenvalue weighted by Gasteiger charge is -2.35. The molecule has 1 saturated heterocycles. The fourth-order valence-electron chi connectivity index (χ4n) is 5.05. The van der Waals surface area contributed by atoms with E-state index in [1.165, 1.54) is 48.1 Å². The van der Waals surface area contributed by atoms with E-state index >= 15 is 0 Å². The maximum Gasteiger partial charge on any atom is 0.139 e. The van der Waals surface area contributed by atoms with E-state index in [0.717, 1.165) is 18.9 Å². The Bertz CT molecular complexity index is 1080. The van der Waals surface area contributed by atoms with E-state index in [1.54, 1.807) is 9.80 Å². The van der Waals surface area contributed by atoms with Gasteiger partial charge in [-0.2, -0.15) is 0 Å². The van der Waals surface area contributed by atoms with Gasteiger partial charge < -0.3 is 14.5 Å². The molecule has 2 N–H and O–H groups in total. The van der Waals surface area contributed by atoms with Gasteiger partial charge in [0.1, 0.15) is 51.1 Å². The van der Waals surface area contributed by atoms with E-state index in [2.05, 4.69) is 103 Å². The number of fused-ring (bicyclic) bond motifs is 1. The molecule has 0 unspecified atom stereocenters. The number of piperazine rings is 1. The summed E-state index contributed by atoms with van der Waals surface area (Å²) in [6.45, 7) is 6.54. The maximum atomic E-state index is 6.21. The van der Waals surface area contributed by atoms with E-state index in [1.807, 2.05) is 0 Å². The molecular formula is C29H32N2O+2. The van der Waals surface area contributed by atoms with E-state index < -0.39 is 0 Å². The average Bonchev–Trinajstić information content (AvgIpc) is 2.87. The first-order chi connectivity index (χ1) is 15.9. The third-order valence-corrected chi connectivity index (χ3v) is 6.74. The topological polar surface area (TPSA) is 18.1 Å². The SMILES string of the molecule is c1ccc(C(c2ccccc2)[NH+]2CC[NH+](CCOc3cccc4ccccc34)CC2)cc1. The van der Waals surface area contributed by atoms with Crippen molar-refractivity contribution in [3.63, 3.8) is 0 Å². The lowest BCUT2D eigenvalue weighted by atomic mass is 9.96. The highest BCUT2D eigenvalue weighted by Gasteiger charge is 2.31. The summed E-state index contributed by atoms with van der Waals surface area (Å²) in [4.78, 5) is 3.31. The normalized spacial score (nSPS) is 18.7. The summed E-state index contributed by atoms with van der Waals surface area (Å²) in [7, 11) is 0. The molecule has 162 valence electrons. The standard InChI is InChI=1S/C29H30N2O/c1-3-11-25(12-4-1)29(26-13-5-2-6-14-26)31-20-18-30(19-21-31)22-23-32-28-17-9-15-24-10-7-8-16-27(24)28/h1-17,29H,18-23H2/p+2. The summed E-state index contributed by atoms with van der Waals surface area (Å²) in [5, 5.41) is 2.44. The molecule has 0 bridgehead atoms. The fourth-order valence-corrected chi connectivity index (χ4v) is 5.05. The molecule has 0 spiro atoms. The van der Waals surface area contributed by atoms with Gasteiger partial charge >= 0.3 is 0 Å². The number of hydrogen-bond donors (Lipinski definition) is 2. The molecule has 1 fully saturated rings. The first-order valence-corrected chi connectivity index (χ1v) is 11.8. The van der Waals surface area contributed by atoms with Crippen LogP contribution in [-0.2, 0) is 0 Å². The Hall–Kier alpha value is -3.14. The van der Waals surface area contributed by atoms with Crippen LogP contribution in [0.5, 0.6) is 5.75 Å². The van der Waals surface area contributed by atoms with Gasteiger partial charge in [0.2, 0.25) is 0 Å². The predicted octanol–water partition coefficient (Wildman–Crippen LogP) is 2.79. The lowest BCUT2D eigenvalue weighted by molar-refractivity contribution is -1.02. The number of quaternary nitrogens is 2. The van der Waals surface area contributed by atoms with Crippen LogP contribution in [-0.4, -0.2) is 39.3 Å². The van der Waals surface area contributed by atoms with Gasteiger partial charge in [0.15, 0.2) is 0 Å². The van der Waals surface area contributed by atoms with Crippen LogP contribution in [0.25, 0.3) is 10.8 Å². The minimum absolute atomic E-state index is 0.408. The maximum absolute atomic E-state index is 6.21. The van der Waals surface area contributed by atoms with Crippen molar-refractivity contribution in [1.82, 2.24) is 0 Å². The average molecular weight is 425 g/mol. The molecule has 0 amide bonds. The minimum Gasteiger partial charge on any atom is -0.487 e. The zero-order chi connectivity index (χ0) is 21.6. The van der Waals surface area contributed by atoms with Gasteiger partial charge in [0.05, 0.1) is 0 Å². The summed E-state index contributed by atoms with van der Waals surface area (Å²) < 4.78 is 6.21. The second-order valence-electron chi connectivity index (χ2n) is 8.74. The summed E-state index contributed by atoms with van der Waals surface area (Å²) in [6.07, 6.45) is 0. The molecule has 0 atom stereocenters. The van der Waals surface area contributed by atoms with Crippen LogP contribution in [0.15, 0.2) is 103 Å². The van der Waals surface area contributed by atoms with Gasteiger partial charge in [-0.3, -0.25) is 0 Å². The molecule has 3 nitrogen and oxygen atoms in total. The zero-order valence-electron chi connectivity index (χ0n) is 18.5. The van der Waals surface area contributed by atoms with Crippen molar-refractivity contribution in [1.29, 1.82) is 0 Å². The highest BCUT2D eigenvalue weighted by molar-refractivity contribution is 5.88. The number of ether oxygens (including phenoxy) is 1. The molecule has 4 aromatic carbocycles. The molecule has 3 heteroatoms. The van der Waals surface area contributed by atoms with Crippen molar-refractivity contribution in [2.45, 2.75) is 6.04 Å². The Morgan fingerprint density at radius 1 is 0.625 bits per heavy atom. The Balaban J connectivity index is 1.20. The van der Waals surface area contributed by atoms with Gasteiger partial charge in [-0.25, -0.2) is 0 Å². The van der Waals surface area contributed by atoms with Crippen molar-refractivity contribution < 1.29 is 14.5 Å². The largest absolute Gasteiger partial charge is 0.487 e. The molecule has 5 rings (SSSR count). The van der Waals surface area contributed by atoms with Crippen molar-refractivity contribution in [2.24, 2.45) is 0 Å². The summed E-state index contributed by atoms with van der Waals surface area (Å²) in [5.74, 6) is 1.000. The highest BCUT2D eigenvalue weighted by Crippen LogP contribution is 2.24. The molecule has 0 radical (unpaired) electrons. The number of benzene rings is 4. The third kappa shape index (κ3) is 4.69. The quantitative estimate of drug-likeness (QED) is 0.467. The van der Waals surface area contributed by atoms with Gasteiger partial charge in [-0.1, -0.05) is 97.1 Å². The molecule has 0 aromatic heterocycles. The Morgan fingerprint density at radius 3 is 1.91 bits per heavy atom. The first-order valence-electron chi connectivity index (χ1n) is 11.8. The van der Waals surface area contributed by atoms with Crippen molar-refractivity contribution in [2.75, 3.05) is 39.3 Å². The molecule has 32 heavy (non-hydrogen) atoms. The van der Waals surface area contributed by atoms with Crippen LogP contribution in [0.2, 0.25) is 0 Å². The van der Waals surface area contributed by atoms with Gasteiger partial charge in [-0.05, 0) is 11.5 Å². The molecule has 0 aliphatic carbocycles. The highest BCUT2D eigenvalue weighted by atomic mass is 16.5. The lowest BCUT2D eigenvalue weighted by Crippen LogP contribution is -3.28. The van der Waals surface area contributed by atoms with E-state index in [0.29, 0.717) is 6.04 Å². The van der Waals surface area contributed by atoms with Crippen LogP contribution >= 0.6 is 0 Å². The first kappa shape index (κ1) is 20.7.